The molecule has 1 N–H and O–H groups in total. The number of nitrogens with zero attached hydrogens (tertiary/aromatic N) is 2. The molecule has 248 valence electrons. The van der Waals surface area contributed by atoms with Gasteiger partial charge in [-0.05, 0) is 43.9 Å². The van der Waals surface area contributed by atoms with Crippen LogP contribution in [0.4, 0.5) is 13.2 Å². The van der Waals surface area contributed by atoms with Gasteiger partial charge in [0, 0.05) is 18.2 Å². The predicted molar refractivity (Wildman–Crippen MR) is 176 cm³/mol. The van der Waals surface area contributed by atoms with E-state index in [0.29, 0.717) is 18.4 Å². The number of hydrogen-bond acceptors (Lipinski definition) is 5. The summed E-state index contributed by atoms with van der Waals surface area (Å²) >= 11 is 0. The molecule has 1 amide bonds. The van der Waals surface area contributed by atoms with Gasteiger partial charge in [0.05, 0.1) is 18.8 Å². The third-order valence-corrected chi connectivity index (χ3v) is 7.15. The van der Waals surface area contributed by atoms with Crippen molar-refractivity contribution < 1.29 is 37.0 Å². The molecule has 1 unspecified atom stereocenters. The topological polar surface area (TPSA) is 92.9 Å². The van der Waals surface area contributed by atoms with E-state index in [2.05, 4.69) is 11.6 Å². The third-order valence-electron chi connectivity index (χ3n) is 7.15. The van der Waals surface area contributed by atoms with E-state index in [1.165, 1.54) is 19.2 Å². The van der Waals surface area contributed by atoms with Crippen LogP contribution >= 0.6 is 0 Å². The van der Waals surface area contributed by atoms with Gasteiger partial charge in [-0.3, -0.25) is 4.79 Å². The van der Waals surface area contributed by atoms with Crippen LogP contribution in [0.1, 0.15) is 60.6 Å². The zero-order chi connectivity index (χ0) is 34.4. The van der Waals surface area contributed by atoms with E-state index in [1.807, 2.05) is 74.6 Å². The van der Waals surface area contributed by atoms with E-state index in [9.17, 15) is 27.9 Å². The zero-order valence-corrected chi connectivity index (χ0v) is 26.7. The van der Waals surface area contributed by atoms with E-state index in [4.69, 9.17) is 9.15 Å². The maximum Gasteiger partial charge on any atom is 0.416 e. The van der Waals surface area contributed by atoms with Gasteiger partial charge in [0.15, 0.2) is 17.5 Å². The second-order valence-corrected chi connectivity index (χ2v) is 10.5. The number of aliphatic carboxylic acids is 1. The highest BCUT2D eigenvalue weighted by molar-refractivity contribution is 6.00. The van der Waals surface area contributed by atoms with Crippen LogP contribution in [0.2, 0.25) is 0 Å². The van der Waals surface area contributed by atoms with Crippen LogP contribution in [0.15, 0.2) is 114 Å². The van der Waals surface area contributed by atoms with Crippen molar-refractivity contribution in [1.82, 2.24) is 9.88 Å². The number of halogens is 3. The number of rotatable bonds is 16. The summed E-state index contributed by atoms with van der Waals surface area (Å²) in [6.45, 7) is 7.29. The van der Waals surface area contributed by atoms with Crippen LogP contribution in [-0.2, 0) is 22.3 Å². The van der Waals surface area contributed by atoms with Crippen LogP contribution in [0, 0.1) is 0 Å². The van der Waals surface area contributed by atoms with Crippen LogP contribution in [0.5, 0.6) is 0 Å². The normalized spacial score (nSPS) is 13.3. The van der Waals surface area contributed by atoms with Gasteiger partial charge in [-0.25, -0.2) is 9.78 Å². The number of hydrogen-bond donors (Lipinski definition) is 1. The van der Waals surface area contributed by atoms with E-state index < -0.39 is 29.7 Å². The Morgan fingerprint density at radius 2 is 1.83 bits per heavy atom. The molecule has 1 atom stereocenters. The number of allylic oxidation sites excluding steroid dienone is 9. The molecule has 0 bridgehead atoms. The van der Waals surface area contributed by atoms with Gasteiger partial charge in [-0.2, -0.15) is 13.2 Å². The molecule has 7 nitrogen and oxygen atoms in total. The summed E-state index contributed by atoms with van der Waals surface area (Å²) < 4.78 is 52.6. The number of carbonyl (C=O) groups excluding carboxylic acids is 1. The summed E-state index contributed by atoms with van der Waals surface area (Å²) in [6, 6.07) is 12.1. The molecule has 2 aromatic carbocycles. The second-order valence-electron chi connectivity index (χ2n) is 10.5. The average molecular weight is 649 g/mol. The Morgan fingerprint density at radius 3 is 2.47 bits per heavy atom. The van der Waals surface area contributed by atoms with Crippen molar-refractivity contribution in [3.63, 3.8) is 0 Å². The number of amides is 1. The predicted octanol–water partition coefficient (Wildman–Crippen LogP) is 8.92. The molecule has 1 aromatic heterocycles. The first-order valence-corrected chi connectivity index (χ1v) is 15.1. The Kier molecular flexibility index (Phi) is 13.7. The molecule has 0 aliphatic rings. The van der Waals surface area contributed by atoms with Gasteiger partial charge in [-0.15, -0.1) is 0 Å². The van der Waals surface area contributed by atoms with Crippen LogP contribution in [0.3, 0.4) is 0 Å². The highest BCUT2D eigenvalue weighted by atomic mass is 19.4. The molecule has 47 heavy (non-hydrogen) atoms. The van der Waals surface area contributed by atoms with Crippen LogP contribution in [0.25, 0.3) is 16.9 Å². The monoisotopic (exact) mass is 648 g/mol. The minimum atomic E-state index is -4.65. The van der Waals surface area contributed by atoms with Gasteiger partial charge >= 0.3 is 12.1 Å². The number of aromatic nitrogens is 1. The molecule has 10 heteroatoms. The molecule has 1 heterocycles. The molecule has 0 aliphatic heterocycles. The Balaban J connectivity index is 2.00. The fourth-order valence-electron chi connectivity index (χ4n) is 4.56. The summed E-state index contributed by atoms with van der Waals surface area (Å²) in [6.07, 6.45) is 10.3. The van der Waals surface area contributed by atoms with Crippen molar-refractivity contribution in [2.75, 3.05) is 13.7 Å². The minimum Gasteiger partial charge on any atom is -0.480 e. The number of oxazole rings is 1. The number of likely N-dealkylation sites (N-methyl/N-ethyl adjacent to an activating group) is 1. The van der Waals surface area contributed by atoms with E-state index in [0.717, 1.165) is 34.6 Å². The molecule has 3 rings (SSSR count). The van der Waals surface area contributed by atoms with Crippen LogP contribution in [-0.4, -0.2) is 46.6 Å². The molecule has 0 saturated heterocycles. The molecule has 0 saturated carbocycles. The van der Waals surface area contributed by atoms with E-state index in [-0.39, 0.29) is 36.1 Å². The van der Waals surface area contributed by atoms with Crippen molar-refractivity contribution in [3.05, 3.63) is 132 Å². The van der Waals surface area contributed by atoms with Crippen LogP contribution < -0.4 is 0 Å². The number of ether oxygens (including phenoxy) is 1. The first-order chi connectivity index (χ1) is 22.5. The van der Waals surface area contributed by atoms with Crippen molar-refractivity contribution in [3.8, 4) is 11.3 Å². The number of carbonyl (C=O) groups is 2. The summed E-state index contributed by atoms with van der Waals surface area (Å²) in [5, 5.41) is 9.97. The Bertz CT molecular complexity index is 1630. The number of carboxylic acids is 1. The molecule has 0 spiro atoms. The molecule has 3 aromatic rings. The van der Waals surface area contributed by atoms with Gasteiger partial charge in [0.25, 0.3) is 5.91 Å². The van der Waals surface area contributed by atoms with Crippen molar-refractivity contribution in [1.29, 1.82) is 0 Å². The first-order valence-electron chi connectivity index (χ1n) is 15.1. The Morgan fingerprint density at radius 1 is 1.11 bits per heavy atom. The summed E-state index contributed by atoms with van der Waals surface area (Å²) in [5.74, 6) is -2.38. The van der Waals surface area contributed by atoms with E-state index >= 15 is 0 Å². The van der Waals surface area contributed by atoms with Gasteiger partial charge in [-0.1, -0.05) is 104 Å². The Labute approximate surface area is 273 Å². The first kappa shape index (κ1) is 36.5. The lowest BCUT2D eigenvalue weighted by Gasteiger charge is -2.24. The molecule has 0 aliphatic carbocycles. The van der Waals surface area contributed by atoms with E-state index in [1.54, 1.807) is 12.2 Å². The molecular weight excluding hydrogens is 609 g/mol. The van der Waals surface area contributed by atoms with Crippen molar-refractivity contribution in [2.45, 2.75) is 51.9 Å². The number of carboxylic acid groups (broad SMARTS) is 1. The summed E-state index contributed by atoms with van der Waals surface area (Å²) in [5.41, 5.74) is 1.17. The number of benzene rings is 2. The average Bonchev–Trinajstić information content (AvgIpc) is 3.50. The van der Waals surface area contributed by atoms with Gasteiger partial charge in [0.1, 0.15) is 0 Å². The molecule has 0 radical (unpaired) electrons. The highest BCUT2D eigenvalue weighted by Crippen LogP contribution is 2.35. The van der Waals surface area contributed by atoms with Crippen molar-refractivity contribution in [2.24, 2.45) is 0 Å². The maximum absolute atomic E-state index is 13.9. The van der Waals surface area contributed by atoms with Crippen molar-refractivity contribution >= 4 is 17.4 Å². The lowest BCUT2D eigenvalue weighted by molar-refractivity contribution is -0.144. The third kappa shape index (κ3) is 10.5. The minimum absolute atomic E-state index is 0.00745. The highest BCUT2D eigenvalue weighted by Gasteiger charge is 2.34. The quantitative estimate of drug-likeness (QED) is 0.123. The largest absolute Gasteiger partial charge is 0.480 e. The van der Waals surface area contributed by atoms with Gasteiger partial charge in [0.2, 0.25) is 5.89 Å². The van der Waals surface area contributed by atoms with Gasteiger partial charge < -0.3 is 19.2 Å². The zero-order valence-electron chi connectivity index (χ0n) is 26.7. The fourth-order valence-corrected chi connectivity index (χ4v) is 4.56. The fraction of sp³-hybridized carbons (Fsp3) is 0.270. The summed E-state index contributed by atoms with van der Waals surface area (Å²) in [4.78, 5) is 31.5. The second kappa shape index (κ2) is 17.7. The molecular formula is C37H39F3N2O5. The summed E-state index contributed by atoms with van der Waals surface area (Å²) in [7, 11) is 1.28. The SMILES string of the molecule is C=C/C=C\C/C(=C\C)C/C=C\C(=C/CC)c1nc(C(=O)N(C)C(COCc2ccccc2)C(=O)O)c(-c2cccc(C(F)(F)F)c2)o1. The smallest absolute Gasteiger partial charge is 0.416 e. The number of alkyl halides is 3. The lowest BCUT2D eigenvalue weighted by atomic mass is 10.1. The molecule has 0 fully saturated rings. The lowest BCUT2D eigenvalue weighted by Crippen LogP contribution is -2.45. The Hall–Kier alpha value is -4.96. The standard InChI is InChI=1S/C37H39F3N2O5/c1-5-8-10-16-26(7-3)19-13-20-28(15-6-2)34-41-32(33(47-34)29-21-14-22-30(23-29)37(38,39)40)35(43)42(4)31(36(44)45)25-46-24-27-17-11-9-12-18-27/h5,7-15,17-18,20-23,31H,1,6,16,19,24-25H2,2-4H3,(H,44,45)/b10-8-,20-13-,26-7+,28-15+. The maximum atomic E-state index is 13.9.